The van der Waals surface area contributed by atoms with Crippen LogP contribution < -0.4 is 10.6 Å². The van der Waals surface area contributed by atoms with Gasteiger partial charge in [0, 0.05) is 10.7 Å². The first kappa shape index (κ1) is 10.7. The second-order valence-electron chi connectivity index (χ2n) is 3.28. The van der Waals surface area contributed by atoms with Gasteiger partial charge in [0.2, 0.25) is 0 Å². The molecule has 0 bridgehead atoms. The van der Waals surface area contributed by atoms with E-state index in [1.807, 2.05) is 18.2 Å². The van der Waals surface area contributed by atoms with Gasteiger partial charge >= 0.3 is 0 Å². The summed E-state index contributed by atoms with van der Waals surface area (Å²) in [6.45, 7) is 0.496. The lowest BCUT2D eigenvalue weighted by Crippen LogP contribution is -2.32. The molecule has 0 fully saturated rings. The van der Waals surface area contributed by atoms with Gasteiger partial charge in [0.1, 0.15) is 0 Å². The monoisotopic (exact) mass is 318 g/mol. The van der Waals surface area contributed by atoms with E-state index in [1.165, 1.54) is 7.11 Å². The van der Waals surface area contributed by atoms with Crippen molar-refractivity contribution in [3.63, 3.8) is 0 Å². The summed E-state index contributed by atoms with van der Waals surface area (Å²) >= 11 is 2.21. The summed E-state index contributed by atoms with van der Waals surface area (Å²) in [6, 6.07) is 5.87. The van der Waals surface area contributed by atoms with E-state index in [0.717, 1.165) is 14.9 Å². The topological polar surface area (TPSA) is 50.4 Å². The third-order valence-electron chi connectivity index (χ3n) is 2.29. The Labute approximate surface area is 102 Å². The molecule has 0 aromatic heterocycles. The molecule has 2 rings (SSSR count). The van der Waals surface area contributed by atoms with Crippen molar-refractivity contribution in [2.75, 3.05) is 24.3 Å². The van der Waals surface area contributed by atoms with Gasteiger partial charge in [-0.2, -0.15) is 0 Å². The SMILES string of the molecule is COC1CNc2ccc(I)cc2NC1=O. The van der Waals surface area contributed by atoms with Crippen molar-refractivity contribution in [1.82, 2.24) is 0 Å². The van der Waals surface area contributed by atoms with Crippen molar-refractivity contribution < 1.29 is 9.53 Å². The molecule has 4 nitrogen and oxygen atoms in total. The van der Waals surface area contributed by atoms with E-state index in [0.29, 0.717) is 6.54 Å². The standard InChI is InChI=1S/C10H11IN2O2/c1-15-9-5-12-7-3-2-6(11)4-8(7)13-10(9)14/h2-4,9,12H,5H2,1H3,(H,13,14). The van der Waals surface area contributed by atoms with E-state index in [2.05, 4.69) is 33.2 Å². The van der Waals surface area contributed by atoms with Crippen molar-refractivity contribution >= 4 is 39.9 Å². The summed E-state index contributed by atoms with van der Waals surface area (Å²) in [5, 5.41) is 6.01. The van der Waals surface area contributed by atoms with Crippen LogP contribution in [0.15, 0.2) is 18.2 Å². The predicted octanol–water partition coefficient (Wildman–Crippen LogP) is 1.67. The van der Waals surface area contributed by atoms with Crippen LogP contribution in [0.25, 0.3) is 0 Å². The zero-order valence-corrected chi connectivity index (χ0v) is 10.4. The Balaban J connectivity index is 2.31. The summed E-state index contributed by atoms with van der Waals surface area (Å²) < 4.78 is 6.16. The first-order chi connectivity index (χ1) is 7.20. The lowest BCUT2D eigenvalue weighted by molar-refractivity contribution is -0.124. The van der Waals surface area contributed by atoms with Crippen LogP contribution >= 0.6 is 22.6 Å². The average Bonchev–Trinajstić information content (AvgIpc) is 2.35. The van der Waals surface area contributed by atoms with Gasteiger partial charge < -0.3 is 15.4 Å². The van der Waals surface area contributed by atoms with Crippen molar-refractivity contribution in [1.29, 1.82) is 0 Å². The lowest BCUT2D eigenvalue weighted by Gasteiger charge is -2.09. The number of hydrogen-bond acceptors (Lipinski definition) is 3. The molecular formula is C10H11IN2O2. The molecule has 1 unspecified atom stereocenters. The summed E-state index contributed by atoms with van der Waals surface area (Å²) in [5.41, 5.74) is 1.75. The number of ether oxygens (including phenoxy) is 1. The van der Waals surface area contributed by atoms with Crippen LogP contribution in [-0.2, 0) is 9.53 Å². The minimum Gasteiger partial charge on any atom is -0.380 e. The Hall–Kier alpha value is -0.820. The van der Waals surface area contributed by atoms with Crippen molar-refractivity contribution in [2.45, 2.75) is 6.10 Å². The van der Waals surface area contributed by atoms with Gasteiger partial charge in [0.25, 0.3) is 5.91 Å². The first-order valence-corrected chi connectivity index (χ1v) is 5.65. The van der Waals surface area contributed by atoms with Gasteiger partial charge in [0.05, 0.1) is 17.9 Å². The fraction of sp³-hybridized carbons (Fsp3) is 0.300. The number of methoxy groups -OCH3 is 1. The highest BCUT2D eigenvalue weighted by Gasteiger charge is 2.22. The maximum atomic E-state index is 11.6. The molecule has 0 radical (unpaired) electrons. The molecule has 15 heavy (non-hydrogen) atoms. The lowest BCUT2D eigenvalue weighted by atomic mass is 10.2. The zero-order valence-electron chi connectivity index (χ0n) is 8.21. The molecule has 1 aromatic carbocycles. The van der Waals surface area contributed by atoms with Gasteiger partial charge in [-0.15, -0.1) is 0 Å². The summed E-state index contributed by atoms with van der Waals surface area (Å²) in [5.74, 6) is -0.106. The predicted molar refractivity (Wildman–Crippen MR) is 67.1 cm³/mol. The minimum absolute atomic E-state index is 0.106. The fourth-order valence-electron chi connectivity index (χ4n) is 1.47. The molecule has 0 aliphatic carbocycles. The Kier molecular flexibility index (Phi) is 3.11. The first-order valence-electron chi connectivity index (χ1n) is 4.58. The molecule has 1 amide bonds. The number of carbonyl (C=O) groups excluding carboxylic acids is 1. The molecule has 0 saturated heterocycles. The number of halogens is 1. The van der Waals surface area contributed by atoms with Gasteiger partial charge in [-0.05, 0) is 40.8 Å². The van der Waals surface area contributed by atoms with Crippen LogP contribution in [0, 0.1) is 3.57 Å². The second kappa shape index (κ2) is 4.36. The molecule has 0 saturated carbocycles. The number of fused-ring (bicyclic) bond motifs is 1. The molecular weight excluding hydrogens is 307 g/mol. The molecule has 80 valence electrons. The molecule has 5 heteroatoms. The minimum atomic E-state index is -0.435. The Morgan fingerprint density at radius 2 is 2.27 bits per heavy atom. The van der Waals surface area contributed by atoms with E-state index >= 15 is 0 Å². The van der Waals surface area contributed by atoms with Gasteiger partial charge in [0.15, 0.2) is 6.10 Å². The van der Waals surface area contributed by atoms with Crippen LogP contribution in [0.5, 0.6) is 0 Å². The van der Waals surface area contributed by atoms with Crippen molar-refractivity contribution in [2.24, 2.45) is 0 Å². The van der Waals surface area contributed by atoms with Crippen LogP contribution in [0.4, 0.5) is 11.4 Å². The number of anilines is 2. The smallest absolute Gasteiger partial charge is 0.255 e. The Morgan fingerprint density at radius 3 is 3.00 bits per heavy atom. The van der Waals surface area contributed by atoms with Crippen LogP contribution in [-0.4, -0.2) is 25.7 Å². The molecule has 1 atom stereocenters. The highest BCUT2D eigenvalue weighted by molar-refractivity contribution is 14.1. The maximum absolute atomic E-state index is 11.6. The number of nitrogens with one attached hydrogen (secondary N) is 2. The van der Waals surface area contributed by atoms with E-state index in [1.54, 1.807) is 0 Å². The van der Waals surface area contributed by atoms with Crippen molar-refractivity contribution in [3.8, 4) is 0 Å². The molecule has 2 N–H and O–H groups in total. The van der Waals surface area contributed by atoms with Crippen LogP contribution in [0.1, 0.15) is 0 Å². The summed E-state index contributed by atoms with van der Waals surface area (Å²) in [7, 11) is 1.53. The summed E-state index contributed by atoms with van der Waals surface area (Å²) in [6.07, 6.45) is -0.435. The fourth-order valence-corrected chi connectivity index (χ4v) is 1.96. The van der Waals surface area contributed by atoms with E-state index < -0.39 is 6.10 Å². The Morgan fingerprint density at radius 1 is 1.47 bits per heavy atom. The quantitative estimate of drug-likeness (QED) is 0.775. The van der Waals surface area contributed by atoms with Gasteiger partial charge in [-0.1, -0.05) is 0 Å². The highest BCUT2D eigenvalue weighted by Crippen LogP contribution is 2.26. The summed E-state index contributed by atoms with van der Waals surface area (Å²) in [4.78, 5) is 11.6. The molecule has 1 heterocycles. The van der Waals surface area contributed by atoms with E-state index in [9.17, 15) is 4.79 Å². The molecule has 1 aromatic rings. The van der Waals surface area contributed by atoms with Crippen LogP contribution in [0.3, 0.4) is 0 Å². The second-order valence-corrected chi connectivity index (χ2v) is 4.53. The third kappa shape index (κ3) is 2.23. The maximum Gasteiger partial charge on any atom is 0.255 e. The number of rotatable bonds is 1. The van der Waals surface area contributed by atoms with Gasteiger partial charge in [-0.25, -0.2) is 0 Å². The number of carbonyl (C=O) groups is 1. The molecule has 1 aliphatic heterocycles. The van der Waals surface area contributed by atoms with E-state index in [-0.39, 0.29) is 5.91 Å². The average molecular weight is 318 g/mol. The zero-order chi connectivity index (χ0) is 10.8. The van der Waals surface area contributed by atoms with Gasteiger partial charge in [-0.3, -0.25) is 4.79 Å². The number of amides is 1. The Bertz CT molecular complexity index is 395. The van der Waals surface area contributed by atoms with E-state index in [4.69, 9.17) is 4.74 Å². The largest absolute Gasteiger partial charge is 0.380 e. The number of benzene rings is 1. The van der Waals surface area contributed by atoms with Crippen LogP contribution in [0.2, 0.25) is 0 Å². The molecule has 1 aliphatic rings. The highest BCUT2D eigenvalue weighted by atomic mass is 127. The van der Waals surface area contributed by atoms with Crippen molar-refractivity contribution in [3.05, 3.63) is 21.8 Å². The normalized spacial score (nSPS) is 19.9. The molecule has 0 spiro atoms. The third-order valence-corrected chi connectivity index (χ3v) is 2.97. The number of hydrogen-bond donors (Lipinski definition) is 2.